The molecule has 0 aliphatic carbocycles. The molecule has 0 fully saturated rings. The lowest BCUT2D eigenvalue weighted by Gasteiger charge is -2.15. The lowest BCUT2D eigenvalue weighted by atomic mass is 9.98. The molecule has 0 spiro atoms. The zero-order valence-corrected chi connectivity index (χ0v) is 12.2. The molecule has 2 N–H and O–H groups in total. The van der Waals surface area contributed by atoms with Crippen LogP contribution in [0, 0.1) is 0 Å². The summed E-state index contributed by atoms with van der Waals surface area (Å²) in [4.78, 5) is 11.6. The van der Waals surface area contributed by atoms with Crippen molar-refractivity contribution in [2.45, 2.75) is 0 Å². The van der Waals surface area contributed by atoms with E-state index in [1.807, 2.05) is 12.1 Å². The summed E-state index contributed by atoms with van der Waals surface area (Å²) >= 11 is 0. The van der Waals surface area contributed by atoms with Crippen molar-refractivity contribution in [3.8, 4) is 28.4 Å². The molecule has 0 aliphatic heterocycles. The molecule has 21 heavy (non-hydrogen) atoms. The van der Waals surface area contributed by atoms with Crippen LogP contribution in [0.5, 0.6) is 17.2 Å². The number of nitrogens with two attached hydrogens (primary N) is 1. The number of methoxy groups -OCH3 is 3. The van der Waals surface area contributed by atoms with Crippen LogP contribution in [0.25, 0.3) is 11.1 Å². The van der Waals surface area contributed by atoms with Gasteiger partial charge in [0.1, 0.15) is 0 Å². The fraction of sp³-hybridized carbons (Fsp3) is 0.188. The first-order valence-electron chi connectivity index (χ1n) is 6.31. The van der Waals surface area contributed by atoms with E-state index in [1.54, 1.807) is 38.5 Å². The largest absolute Gasteiger partial charge is 0.493 e. The third-order valence-corrected chi connectivity index (χ3v) is 3.17. The molecule has 0 saturated carbocycles. The van der Waals surface area contributed by atoms with E-state index in [0.717, 1.165) is 5.56 Å². The molecule has 2 rings (SSSR count). The number of rotatable bonds is 5. The monoisotopic (exact) mass is 287 g/mol. The topological polar surface area (TPSA) is 70.8 Å². The molecule has 2 aromatic carbocycles. The van der Waals surface area contributed by atoms with Crippen LogP contribution < -0.4 is 19.9 Å². The van der Waals surface area contributed by atoms with E-state index in [1.165, 1.54) is 7.11 Å². The van der Waals surface area contributed by atoms with Gasteiger partial charge in [0.2, 0.25) is 11.7 Å². The predicted octanol–water partition coefficient (Wildman–Crippen LogP) is 2.48. The Balaban J connectivity index is 2.68. The van der Waals surface area contributed by atoms with Gasteiger partial charge in [-0.2, -0.15) is 0 Å². The van der Waals surface area contributed by atoms with Crippen molar-refractivity contribution in [3.63, 3.8) is 0 Å². The van der Waals surface area contributed by atoms with Gasteiger partial charge in [0.05, 0.1) is 21.3 Å². The third kappa shape index (κ3) is 2.76. The number of ether oxygens (including phenoxy) is 3. The van der Waals surface area contributed by atoms with Gasteiger partial charge in [-0.15, -0.1) is 0 Å². The lowest BCUT2D eigenvalue weighted by molar-refractivity contribution is 0.100. The molecule has 0 bridgehead atoms. The van der Waals surface area contributed by atoms with Crippen molar-refractivity contribution < 1.29 is 19.0 Å². The number of amides is 1. The van der Waals surface area contributed by atoms with Crippen molar-refractivity contribution in [1.82, 2.24) is 0 Å². The van der Waals surface area contributed by atoms with Crippen LogP contribution in [0.2, 0.25) is 0 Å². The van der Waals surface area contributed by atoms with Crippen molar-refractivity contribution in [2.24, 2.45) is 5.73 Å². The van der Waals surface area contributed by atoms with Gasteiger partial charge in [-0.05, 0) is 29.3 Å². The SMILES string of the molecule is COc1cc(-c2ccccc2C(N)=O)cc(OC)c1OC. The number of benzene rings is 2. The average molecular weight is 287 g/mol. The highest BCUT2D eigenvalue weighted by atomic mass is 16.5. The Kier molecular flexibility index (Phi) is 4.33. The third-order valence-electron chi connectivity index (χ3n) is 3.17. The van der Waals surface area contributed by atoms with Crippen LogP contribution >= 0.6 is 0 Å². The molecular formula is C16H17NO4. The van der Waals surface area contributed by atoms with Gasteiger partial charge in [-0.1, -0.05) is 18.2 Å². The minimum atomic E-state index is -0.487. The summed E-state index contributed by atoms with van der Waals surface area (Å²) in [6.07, 6.45) is 0. The van der Waals surface area contributed by atoms with Crippen LogP contribution in [-0.4, -0.2) is 27.2 Å². The van der Waals surface area contributed by atoms with Gasteiger partial charge in [-0.3, -0.25) is 4.79 Å². The zero-order valence-electron chi connectivity index (χ0n) is 12.2. The summed E-state index contributed by atoms with van der Waals surface area (Å²) in [6.45, 7) is 0. The molecule has 0 saturated heterocycles. The second kappa shape index (κ2) is 6.17. The van der Waals surface area contributed by atoms with Gasteiger partial charge in [0, 0.05) is 5.56 Å². The predicted molar refractivity (Wildman–Crippen MR) is 80.1 cm³/mol. The molecule has 0 radical (unpaired) electrons. The Morgan fingerprint density at radius 2 is 1.52 bits per heavy atom. The Hall–Kier alpha value is -2.69. The molecule has 0 heterocycles. The molecule has 1 amide bonds. The highest BCUT2D eigenvalue weighted by Crippen LogP contribution is 2.41. The van der Waals surface area contributed by atoms with Crippen molar-refractivity contribution >= 4 is 5.91 Å². The van der Waals surface area contributed by atoms with E-state index in [-0.39, 0.29) is 0 Å². The molecule has 5 nitrogen and oxygen atoms in total. The van der Waals surface area contributed by atoms with Crippen LogP contribution in [-0.2, 0) is 0 Å². The fourth-order valence-corrected chi connectivity index (χ4v) is 2.19. The standard InChI is InChI=1S/C16H17NO4/c1-19-13-8-10(9-14(20-2)15(13)21-3)11-6-4-5-7-12(11)16(17)18/h4-9H,1-3H3,(H2,17,18). The van der Waals surface area contributed by atoms with Crippen LogP contribution in [0.3, 0.4) is 0 Å². The van der Waals surface area contributed by atoms with Crippen LogP contribution in [0.1, 0.15) is 10.4 Å². The summed E-state index contributed by atoms with van der Waals surface area (Å²) < 4.78 is 15.9. The zero-order chi connectivity index (χ0) is 15.4. The Morgan fingerprint density at radius 1 is 0.952 bits per heavy atom. The van der Waals surface area contributed by atoms with Crippen LogP contribution in [0.4, 0.5) is 0 Å². The minimum Gasteiger partial charge on any atom is -0.493 e. The van der Waals surface area contributed by atoms with Gasteiger partial charge in [0.15, 0.2) is 11.5 Å². The smallest absolute Gasteiger partial charge is 0.249 e. The van der Waals surface area contributed by atoms with Crippen molar-refractivity contribution in [3.05, 3.63) is 42.0 Å². The molecule has 0 aromatic heterocycles. The second-order valence-electron chi connectivity index (χ2n) is 4.32. The van der Waals surface area contributed by atoms with Crippen molar-refractivity contribution in [2.75, 3.05) is 21.3 Å². The summed E-state index contributed by atoms with van der Waals surface area (Å²) in [5, 5.41) is 0. The first-order valence-corrected chi connectivity index (χ1v) is 6.31. The minimum absolute atomic E-state index is 0.437. The maximum Gasteiger partial charge on any atom is 0.249 e. The number of carbonyl (C=O) groups excluding carboxylic acids is 1. The number of primary amides is 1. The molecule has 110 valence electrons. The van der Waals surface area contributed by atoms with E-state index >= 15 is 0 Å². The first kappa shape index (κ1) is 14.7. The van der Waals surface area contributed by atoms with Crippen LogP contribution in [0.15, 0.2) is 36.4 Å². The summed E-state index contributed by atoms with van der Waals surface area (Å²) in [6, 6.07) is 10.7. The molecule has 0 aliphatic rings. The molecule has 0 atom stereocenters. The first-order chi connectivity index (χ1) is 10.1. The lowest BCUT2D eigenvalue weighted by Crippen LogP contribution is -2.12. The molecular weight excluding hydrogens is 270 g/mol. The van der Waals surface area contributed by atoms with E-state index in [2.05, 4.69) is 0 Å². The van der Waals surface area contributed by atoms with E-state index in [4.69, 9.17) is 19.9 Å². The molecule has 0 unspecified atom stereocenters. The Bertz CT molecular complexity index is 642. The van der Waals surface area contributed by atoms with E-state index < -0.39 is 5.91 Å². The normalized spacial score (nSPS) is 10.0. The Morgan fingerprint density at radius 3 is 2.00 bits per heavy atom. The Labute approximate surface area is 123 Å². The molecule has 5 heteroatoms. The maximum atomic E-state index is 11.6. The van der Waals surface area contributed by atoms with Gasteiger partial charge in [-0.25, -0.2) is 0 Å². The number of hydrogen-bond donors (Lipinski definition) is 1. The molecule has 2 aromatic rings. The highest BCUT2D eigenvalue weighted by Gasteiger charge is 2.16. The van der Waals surface area contributed by atoms with E-state index in [9.17, 15) is 4.79 Å². The number of carbonyl (C=O) groups is 1. The summed E-state index contributed by atoms with van der Waals surface area (Å²) in [5.41, 5.74) is 7.33. The summed E-state index contributed by atoms with van der Waals surface area (Å²) in [7, 11) is 4.62. The highest BCUT2D eigenvalue weighted by molar-refractivity contribution is 6.00. The number of hydrogen-bond acceptors (Lipinski definition) is 4. The van der Waals surface area contributed by atoms with Gasteiger partial charge >= 0.3 is 0 Å². The maximum absolute atomic E-state index is 11.6. The van der Waals surface area contributed by atoms with Gasteiger partial charge in [0.25, 0.3) is 0 Å². The quantitative estimate of drug-likeness (QED) is 0.917. The van der Waals surface area contributed by atoms with E-state index in [0.29, 0.717) is 28.4 Å². The summed E-state index contributed by atoms with van der Waals surface area (Å²) in [5.74, 6) is 1.05. The van der Waals surface area contributed by atoms with Gasteiger partial charge < -0.3 is 19.9 Å². The van der Waals surface area contributed by atoms with Crippen molar-refractivity contribution in [1.29, 1.82) is 0 Å². The fourth-order valence-electron chi connectivity index (χ4n) is 2.19. The average Bonchev–Trinajstić information content (AvgIpc) is 2.53. The second-order valence-corrected chi connectivity index (χ2v) is 4.32.